The van der Waals surface area contributed by atoms with Gasteiger partial charge in [-0.3, -0.25) is 0 Å². The highest BCUT2D eigenvalue weighted by Crippen LogP contribution is 2.51. The van der Waals surface area contributed by atoms with Gasteiger partial charge in [-0.25, -0.2) is 0 Å². The minimum Gasteiger partial charge on any atom is -0.314 e. The van der Waals surface area contributed by atoms with Crippen LogP contribution in [0.2, 0.25) is 0 Å². The van der Waals surface area contributed by atoms with Crippen LogP contribution in [0.3, 0.4) is 0 Å². The van der Waals surface area contributed by atoms with Gasteiger partial charge < -0.3 is 5.32 Å². The normalized spacial score (nSPS) is 36.4. The Morgan fingerprint density at radius 3 is 1.67 bits per heavy atom. The molecule has 1 N–H and O–H groups in total. The highest BCUT2D eigenvalue weighted by atomic mass is 15.0. The summed E-state index contributed by atoms with van der Waals surface area (Å²) in [4.78, 5) is 0. The summed E-state index contributed by atoms with van der Waals surface area (Å²) in [6.45, 7) is 2.49. The Morgan fingerprint density at radius 1 is 0.733 bits per heavy atom. The fourth-order valence-electron chi connectivity index (χ4n) is 4.08. The van der Waals surface area contributed by atoms with Gasteiger partial charge in [0.1, 0.15) is 0 Å². The van der Waals surface area contributed by atoms with Gasteiger partial charge in [0.25, 0.3) is 0 Å². The smallest absolute Gasteiger partial charge is 0.0206 e. The van der Waals surface area contributed by atoms with Crippen LogP contribution in [0.5, 0.6) is 0 Å². The van der Waals surface area contributed by atoms with Crippen LogP contribution in [0.15, 0.2) is 0 Å². The largest absolute Gasteiger partial charge is 0.314 e. The lowest BCUT2D eigenvalue weighted by Gasteiger charge is -2.51. The molecule has 0 aromatic carbocycles. The first kappa shape index (κ1) is 11.4. The van der Waals surface area contributed by atoms with Crippen molar-refractivity contribution in [3.05, 3.63) is 0 Å². The van der Waals surface area contributed by atoms with Crippen molar-refractivity contribution < 1.29 is 0 Å². The third kappa shape index (κ3) is 1.95. The molecule has 1 atom stereocenters. The summed E-state index contributed by atoms with van der Waals surface area (Å²) in [6, 6.07) is 0. The van der Waals surface area contributed by atoms with Crippen LogP contribution in [0, 0.1) is 5.41 Å². The van der Waals surface area contributed by atoms with Crippen molar-refractivity contribution >= 4 is 0 Å². The van der Waals surface area contributed by atoms with E-state index < -0.39 is 0 Å². The standard InChI is InChI=1S/C14H27N/c1-13(15-2)9-5-3-6-10-14(13)11-7-4-8-12-14/h15H,3-12H2,1-2H3. The zero-order chi connectivity index (χ0) is 10.8. The van der Waals surface area contributed by atoms with Crippen molar-refractivity contribution in [2.45, 2.75) is 76.7 Å². The minimum absolute atomic E-state index is 0.421. The molecule has 2 aliphatic carbocycles. The lowest BCUT2D eigenvalue weighted by atomic mass is 9.60. The summed E-state index contributed by atoms with van der Waals surface area (Å²) in [5.41, 5.74) is 1.06. The zero-order valence-corrected chi connectivity index (χ0v) is 10.6. The summed E-state index contributed by atoms with van der Waals surface area (Å²) in [7, 11) is 2.18. The van der Waals surface area contributed by atoms with Crippen molar-refractivity contribution in [1.29, 1.82) is 0 Å². The quantitative estimate of drug-likeness (QED) is 0.691. The van der Waals surface area contributed by atoms with Gasteiger partial charge >= 0.3 is 0 Å². The first-order chi connectivity index (χ1) is 7.22. The molecule has 88 valence electrons. The average molecular weight is 209 g/mol. The van der Waals surface area contributed by atoms with Gasteiger partial charge in [0.2, 0.25) is 0 Å². The van der Waals surface area contributed by atoms with Crippen LogP contribution in [-0.4, -0.2) is 12.6 Å². The molecule has 1 spiro atoms. The third-order valence-electron chi connectivity index (χ3n) is 5.37. The molecule has 1 nitrogen and oxygen atoms in total. The van der Waals surface area contributed by atoms with E-state index >= 15 is 0 Å². The monoisotopic (exact) mass is 209 g/mol. The van der Waals surface area contributed by atoms with Crippen LogP contribution < -0.4 is 5.32 Å². The fourth-order valence-corrected chi connectivity index (χ4v) is 4.08. The molecule has 0 radical (unpaired) electrons. The summed E-state index contributed by atoms with van der Waals surface area (Å²) < 4.78 is 0. The molecule has 0 amide bonds. The molecule has 0 aliphatic heterocycles. The predicted octanol–water partition coefficient (Wildman–Crippen LogP) is 3.88. The lowest BCUT2D eigenvalue weighted by molar-refractivity contribution is 0.0467. The molecular weight excluding hydrogens is 182 g/mol. The van der Waals surface area contributed by atoms with E-state index in [9.17, 15) is 0 Å². The van der Waals surface area contributed by atoms with Crippen molar-refractivity contribution in [3.8, 4) is 0 Å². The first-order valence-corrected chi connectivity index (χ1v) is 6.91. The van der Waals surface area contributed by atoms with Crippen LogP contribution in [0.1, 0.15) is 71.1 Å². The number of hydrogen-bond donors (Lipinski definition) is 1. The summed E-state index contributed by atoms with van der Waals surface area (Å²) in [6.07, 6.45) is 14.6. The molecule has 0 heterocycles. The summed E-state index contributed by atoms with van der Waals surface area (Å²) in [5.74, 6) is 0. The third-order valence-corrected chi connectivity index (χ3v) is 5.37. The van der Waals surface area contributed by atoms with Crippen LogP contribution in [0.4, 0.5) is 0 Å². The van der Waals surface area contributed by atoms with Crippen molar-refractivity contribution in [1.82, 2.24) is 5.32 Å². The van der Waals surface area contributed by atoms with Gasteiger partial charge in [-0.05, 0) is 45.1 Å². The highest BCUT2D eigenvalue weighted by Gasteiger charge is 2.47. The Morgan fingerprint density at radius 2 is 1.20 bits per heavy atom. The molecule has 0 bridgehead atoms. The molecule has 0 aromatic rings. The highest BCUT2D eigenvalue weighted by molar-refractivity contribution is 5.03. The number of nitrogens with one attached hydrogen (secondary N) is 1. The van der Waals surface area contributed by atoms with E-state index in [0.29, 0.717) is 11.0 Å². The first-order valence-electron chi connectivity index (χ1n) is 6.91. The Labute approximate surface area is 95.0 Å². The molecule has 15 heavy (non-hydrogen) atoms. The van der Waals surface area contributed by atoms with Gasteiger partial charge in [-0.2, -0.15) is 0 Å². The summed E-state index contributed by atoms with van der Waals surface area (Å²) >= 11 is 0. The Hall–Kier alpha value is -0.0400. The van der Waals surface area contributed by atoms with E-state index in [2.05, 4.69) is 19.3 Å². The Balaban J connectivity index is 2.21. The molecule has 1 unspecified atom stereocenters. The maximum absolute atomic E-state index is 3.68. The van der Waals surface area contributed by atoms with E-state index in [-0.39, 0.29) is 0 Å². The van der Waals surface area contributed by atoms with Gasteiger partial charge in [0.05, 0.1) is 0 Å². The number of rotatable bonds is 1. The van der Waals surface area contributed by atoms with Gasteiger partial charge in [0, 0.05) is 5.54 Å². The predicted molar refractivity (Wildman–Crippen MR) is 66.1 cm³/mol. The average Bonchev–Trinajstić information content (AvgIpc) is 2.43. The van der Waals surface area contributed by atoms with Crippen molar-refractivity contribution in [2.75, 3.05) is 7.05 Å². The zero-order valence-electron chi connectivity index (χ0n) is 10.6. The maximum Gasteiger partial charge on any atom is 0.0206 e. The topological polar surface area (TPSA) is 12.0 Å². The van der Waals surface area contributed by atoms with E-state index in [1.807, 2.05) is 0 Å². The van der Waals surface area contributed by atoms with Crippen LogP contribution in [0.25, 0.3) is 0 Å². The fraction of sp³-hybridized carbons (Fsp3) is 1.00. The summed E-state index contributed by atoms with van der Waals surface area (Å²) in [5, 5.41) is 3.68. The molecule has 0 aromatic heterocycles. The SMILES string of the molecule is CNC1(C)CCCCCC12CCCCC2. The van der Waals surface area contributed by atoms with Gasteiger partial charge in [0.15, 0.2) is 0 Å². The second-order valence-corrected chi connectivity index (χ2v) is 5.98. The van der Waals surface area contributed by atoms with Crippen LogP contribution >= 0.6 is 0 Å². The van der Waals surface area contributed by atoms with Crippen LogP contribution in [-0.2, 0) is 0 Å². The lowest BCUT2D eigenvalue weighted by Crippen LogP contribution is -2.55. The van der Waals surface area contributed by atoms with Gasteiger partial charge in [-0.1, -0.05) is 38.5 Å². The second-order valence-electron chi connectivity index (χ2n) is 5.98. The van der Waals surface area contributed by atoms with Gasteiger partial charge in [-0.15, -0.1) is 0 Å². The second kappa shape index (κ2) is 4.45. The Kier molecular flexibility index (Phi) is 3.39. The molecule has 2 saturated carbocycles. The van der Waals surface area contributed by atoms with E-state index in [0.717, 1.165) is 0 Å². The molecule has 2 fully saturated rings. The van der Waals surface area contributed by atoms with E-state index in [1.165, 1.54) is 64.2 Å². The van der Waals surface area contributed by atoms with Crippen molar-refractivity contribution in [2.24, 2.45) is 5.41 Å². The molecular formula is C14H27N. The molecule has 0 saturated heterocycles. The number of hydrogen-bond acceptors (Lipinski definition) is 1. The van der Waals surface area contributed by atoms with Crippen molar-refractivity contribution in [3.63, 3.8) is 0 Å². The van der Waals surface area contributed by atoms with E-state index in [1.54, 1.807) is 0 Å². The molecule has 1 heteroatoms. The molecule has 2 rings (SSSR count). The van der Waals surface area contributed by atoms with E-state index in [4.69, 9.17) is 0 Å². The molecule has 2 aliphatic rings. The minimum atomic E-state index is 0.421. The Bertz CT molecular complexity index is 205. The maximum atomic E-state index is 3.68.